The van der Waals surface area contributed by atoms with Gasteiger partial charge in [0.15, 0.2) is 0 Å². The number of aromatic nitrogens is 2. The summed E-state index contributed by atoms with van der Waals surface area (Å²) in [4.78, 5) is 17.1. The highest BCUT2D eigenvalue weighted by Crippen LogP contribution is 2.24. The van der Waals surface area contributed by atoms with Crippen LogP contribution in [-0.4, -0.2) is 40.7 Å². The number of fused-ring (bicyclic) bond motifs is 1. The number of likely N-dealkylation sites (N-methyl/N-ethyl adjacent to an activating group) is 1. The molecule has 0 radical (unpaired) electrons. The molecule has 132 valence electrons. The van der Waals surface area contributed by atoms with E-state index in [4.69, 9.17) is 11.6 Å². The maximum absolute atomic E-state index is 13.0. The van der Waals surface area contributed by atoms with Crippen LogP contribution in [0.25, 0.3) is 5.69 Å². The Morgan fingerprint density at radius 3 is 2.65 bits per heavy atom. The first-order valence-electron chi connectivity index (χ1n) is 8.51. The average Bonchev–Trinajstić information content (AvgIpc) is 3.08. The predicted molar refractivity (Wildman–Crippen MR) is 103 cm³/mol. The second kappa shape index (κ2) is 6.84. The van der Waals surface area contributed by atoms with Gasteiger partial charge in [-0.3, -0.25) is 4.79 Å². The fraction of sp³-hybridized carbons (Fsp3) is 0.200. The minimum absolute atomic E-state index is 0.00434. The van der Waals surface area contributed by atoms with Gasteiger partial charge in [0.1, 0.15) is 0 Å². The third-order valence-corrected chi connectivity index (χ3v) is 4.93. The van der Waals surface area contributed by atoms with E-state index in [1.165, 1.54) is 5.69 Å². The number of amides is 1. The Labute approximate surface area is 157 Å². The van der Waals surface area contributed by atoms with E-state index in [1.807, 2.05) is 41.3 Å². The summed E-state index contributed by atoms with van der Waals surface area (Å²) in [5.74, 6) is -0.00434. The number of carbonyl (C=O) groups is 1. The normalized spacial score (nSPS) is 14.1. The average molecular weight is 367 g/mol. The number of hydrogen-bond donors (Lipinski definition) is 0. The molecule has 0 spiro atoms. The van der Waals surface area contributed by atoms with Crippen molar-refractivity contribution in [2.75, 3.05) is 25.0 Å². The van der Waals surface area contributed by atoms with Crippen molar-refractivity contribution in [3.63, 3.8) is 0 Å². The SMILES string of the molecule is CN1CCN(C(=O)c2cnn(-c3ccc(Cl)cc3)c2)Cc2ccccc21. The minimum Gasteiger partial charge on any atom is -0.373 e. The minimum atomic E-state index is -0.00434. The van der Waals surface area contributed by atoms with E-state index in [-0.39, 0.29) is 5.91 Å². The number of para-hydroxylation sites is 1. The van der Waals surface area contributed by atoms with Crippen LogP contribution in [-0.2, 0) is 6.54 Å². The number of rotatable bonds is 2. The summed E-state index contributed by atoms with van der Waals surface area (Å²) in [6.45, 7) is 2.08. The van der Waals surface area contributed by atoms with Crippen LogP contribution in [0.4, 0.5) is 5.69 Å². The van der Waals surface area contributed by atoms with E-state index in [1.54, 1.807) is 17.1 Å². The van der Waals surface area contributed by atoms with Crippen LogP contribution in [0.1, 0.15) is 15.9 Å². The smallest absolute Gasteiger partial charge is 0.257 e. The van der Waals surface area contributed by atoms with Crippen molar-refractivity contribution in [1.29, 1.82) is 0 Å². The van der Waals surface area contributed by atoms with Crippen molar-refractivity contribution >= 4 is 23.2 Å². The summed E-state index contributed by atoms with van der Waals surface area (Å²) in [5, 5.41) is 5.00. The lowest BCUT2D eigenvalue weighted by Gasteiger charge is -2.20. The van der Waals surface area contributed by atoms with E-state index in [0.717, 1.165) is 17.8 Å². The van der Waals surface area contributed by atoms with Gasteiger partial charge in [-0.1, -0.05) is 29.8 Å². The van der Waals surface area contributed by atoms with Crippen LogP contribution in [0, 0.1) is 0 Å². The molecule has 1 aliphatic heterocycles. The Morgan fingerprint density at radius 2 is 1.85 bits per heavy atom. The zero-order chi connectivity index (χ0) is 18.1. The molecule has 1 aliphatic rings. The summed E-state index contributed by atoms with van der Waals surface area (Å²) in [6, 6.07) is 15.6. The van der Waals surface area contributed by atoms with Gasteiger partial charge in [0.25, 0.3) is 5.91 Å². The third-order valence-electron chi connectivity index (χ3n) is 4.68. The van der Waals surface area contributed by atoms with Crippen LogP contribution < -0.4 is 4.90 Å². The largest absolute Gasteiger partial charge is 0.373 e. The highest BCUT2D eigenvalue weighted by molar-refractivity contribution is 6.30. The first-order chi connectivity index (χ1) is 12.6. The van der Waals surface area contributed by atoms with Crippen LogP contribution in [0.3, 0.4) is 0 Å². The topological polar surface area (TPSA) is 41.4 Å². The van der Waals surface area contributed by atoms with Crippen molar-refractivity contribution in [2.45, 2.75) is 6.54 Å². The molecule has 1 amide bonds. The highest BCUT2D eigenvalue weighted by atomic mass is 35.5. The molecule has 0 N–H and O–H groups in total. The quantitative estimate of drug-likeness (QED) is 0.695. The molecule has 0 atom stereocenters. The molecule has 2 heterocycles. The molecular formula is C20H19ClN4O. The molecule has 0 aliphatic carbocycles. The summed E-state index contributed by atoms with van der Waals surface area (Å²) in [6.07, 6.45) is 3.39. The third kappa shape index (κ3) is 3.18. The molecule has 0 saturated heterocycles. The summed E-state index contributed by atoms with van der Waals surface area (Å²) in [5.41, 5.74) is 3.79. The number of carbonyl (C=O) groups excluding carboxylic acids is 1. The van der Waals surface area contributed by atoms with Gasteiger partial charge in [0, 0.05) is 43.6 Å². The van der Waals surface area contributed by atoms with Crippen LogP contribution in [0.2, 0.25) is 5.02 Å². The Bertz CT molecular complexity index is 935. The van der Waals surface area contributed by atoms with Crippen molar-refractivity contribution < 1.29 is 4.79 Å². The van der Waals surface area contributed by atoms with E-state index < -0.39 is 0 Å². The van der Waals surface area contributed by atoms with Crippen LogP contribution in [0.15, 0.2) is 60.9 Å². The van der Waals surface area contributed by atoms with Gasteiger partial charge in [-0.05, 0) is 35.9 Å². The zero-order valence-electron chi connectivity index (χ0n) is 14.5. The molecular weight excluding hydrogens is 348 g/mol. The Balaban J connectivity index is 1.57. The van der Waals surface area contributed by atoms with Crippen molar-refractivity contribution in [3.8, 4) is 5.69 Å². The molecule has 0 saturated carbocycles. The Hall–Kier alpha value is -2.79. The van der Waals surface area contributed by atoms with Gasteiger partial charge in [-0.15, -0.1) is 0 Å². The molecule has 0 fully saturated rings. The number of benzene rings is 2. The molecule has 6 heteroatoms. The molecule has 0 unspecified atom stereocenters. The number of hydrogen-bond acceptors (Lipinski definition) is 3. The fourth-order valence-corrected chi connectivity index (χ4v) is 3.34. The first kappa shape index (κ1) is 16.7. The molecule has 3 aromatic rings. The van der Waals surface area contributed by atoms with E-state index in [0.29, 0.717) is 23.7 Å². The van der Waals surface area contributed by atoms with Gasteiger partial charge < -0.3 is 9.80 Å². The van der Waals surface area contributed by atoms with Gasteiger partial charge in [-0.25, -0.2) is 4.68 Å². The standard InChI is InChI=1S/C20H19ClN4O/c1-23-10-11-24(13-15-4-2-3-5-19(15)23)20(26)16-12-22-25(14-16)18-8-6-17(21)7-9-18/h2-9,12,14H,10-11,13H2,1H3. The second-order valence-corrected chi connectivity index (χ2v) is 6.86. The Kier molecular flexibility index (Phi) is 4.39. The highest BCUT2D eigenvalue weighted by Gasteiger charge is 2.23. The number of anilines is 1. The monoisotopic (exact) mass is 366 g/mol. The van der Waals surface area contributed by atoms with Crippen LogP contribution >= 0.6 is 11.6 Å². The second-order valence-electron chi connectivity index (χ2n) is 6.43. The summed E-state index contributed by atoms with van der Waals surface area (Å²) < 4.78 is 1.70. The molecule has 5 nitrogen and oxygen atoms in total. The molecule has 26 heavy (non-hydrogen) atoms. The lowest BCUT2D eigenvalue weighted by Crippen LogP contribution is -2.34. The zero-order valence-corrected chi connectivity index (χ0v) is 15.2. The van der Waals surface area contributed by atoms with E-state index in [9.17, 15) is 4.79 Å². The molecule has 1 aromatic heterocycles. The first-order valence-corrected chi connectivity index (χ1v) is 8.88. The maximum atomic E-state index is 13.0. The lowest BCUT2D eigenvalue weighted by molar-refractivity contribution is 0.0752. The fourth-order valence-electron chi connectivity index (χ4n) is 3.22. The van der Waals surface area contributed by atoms with Gasteiger partial charge in [0.2, 0.25) is 0 Å². The predicted octanol–water partition coefficient (Wildman–Crippen LogP) is 3.62. The van der Waals surface area contributed by atoms with Crippen LogP contribution in [0.5, 0.6) is 0 Å². The molecule has 2 aromatic carbocycles. The van der Waals surface area contributed by atoms with Crippen molar-refractivity contribution in [3.05, 3.63) is 77.1 Å². The van der Waals surface area contributed by atoms with Gasteiger partial charge in [-0.2, -0.15) is 5.10 Å². The maximum Gasteiger partial charge on any atom is 0.257 e. The van der Waals surface area contributed by atoms with Gasteiger partial charge >= 0.3 is 0 Å². The van der Waals surface area contributed by atoms with Crippen molar-refractivity contribution in [2.24, 2.45) is 0 Å². The Morgan fingerprint density at radius 1 is 1.08 bits per heavy atom. The number of nitrogens with zero attached hydrogens (tertiary/aromatic N) is 4. The summed E-state index contributed by atoms with van der Waals surface area (Å²) >= 11 is 5.93. The number of halogens is 1. The molecule has 0 bridgehead atoms. The summed E-state index contributed by atoms with van der Waals surface area (Å²) in [7, 11) is 2.06. The molecule has 4 rings (SSSR count). The van der Waals surface area contributed by atoms with E-state index >= 15 is 0 Å². The van der Waals surface area contributed by atoms with Crippen molar-refractivity contribution in [1.82, 2.24) is 14.7 Å². The lowest BCUT2D eigenvalue weighted by atomic mass is 10.1. The van der Waals surface area contributed by atoms with E-state index in [2.05, 4.69) is 29.2 Å². The van der Waals surface area contributed by atoms with Gasteiger partial charge in [0.05, 0.1) is 17.4 Å².